The number of ether oxygens (including phenoxy) is 2. The third kappa shape index (κ3) is 5.88. The third-order valence-corrected chi connectivity index (χ3v) is 10.0. The van der Waals surface area contributed by atoms with Gasteiger partial charge in [-0.2, -0.15) is 9.97 Å². The number of likely N-dealkylation sites (N-methyl/N-ethyl adjacent to an activating group) is 1. The molecule has 3 fully saturated rings. The summed E-state index contributed by atoms with van der Waals surface area (Å²) in [6.45, 7) is 9.62. The maximum atomic E-state index is 13.2. The van der Waals surface area contributed by atoms with E-state index in [2.05, 4.69) is 46.0 Å². The van der Waals surface area contributed by atoms with Crippen molar-refractivity contribution in [3.8, 4) is 6.01 Å². The highest BCUT2D eigenvalue weighted by Gasteiger charge is 2.50. The van der Waals surface area contributed by atoms with Crippen LogP contribution in [0.5, 0.6) is 6.01 Å². The number of carbonyl (C=O) groups excluding carboxylic acids is 1. The molecule has 2 bridgehead atoms. The fourth-order valence-corrected chi connectivity index (χ4v) is 7.80. The average molecular weight is 635 g/mol. The summed E-state index contributed by atoms with van der Waals surface area (Å²) in [5.74, 6) is 0.846. The molecule has 1 unspecified atom stereocenters. The van der Waals surface area contributed by atoms with Crippen molar-refractivity contribution in [3.63, 3.8) is 0 Å². The second-order valence-corrected chi connectivity index (χ2v) is 14.4. The Morgan fingerprint density at radius 2 is 1.89 bits per heavy atom. The molecule has 1 aromatic heterocycles. The van der Waals surface area contributed by atoms with Gasteiger partial charge in [0.25, 0.3) is 0 Å². The summed E-state index contributed by atoms with van der Waals surface area (Å²) >= 11 is 6.72. The molecule has 0 aliphatic carbocycles. The summed E-state index contributed by atoms with van der Waals surface area (Å²) in [6, 6.07) is 12.5. The number of amides is 1. The lowest BCUT2D eigenvalue weighted by Gasteiger charge is -2.43. The van der Waals surface area contributed by atoms with E-state index >= 15 is 0 Å². The van der Waals surface area contributed by atoms with E-state index in [0.29, 0.717) is 44.7 Å². The predicted octanol–water partition coefficient (Wildman–Crippen LogP) is 4.88. The van der Waals surface area contributed by atoms with E-state index in [4.69, 9.17) is 31.0 Å². The Morgan fingerprint density at radius 1 is 1.09 bits per heavy atom. The SMILES string of the molecule is CN1CCC[C@H]1COc1nc2c(c(N3CC4[C@H](O)C[C@H](C3)N4C(=O)OC(C)(C)C)n1)CCN(c1cccc3cccc(Cl)c13)C2. The molecule has 11 heteroatoms. The molecule has 1 amide bonds. The van der Waals surface area contributed by atoms with Crippen LogP contribution in [0.15, 0.2) is 36.4 Å². The summed E-state index contributed by atoms with van der Waals surface area (Å²) in [5.41, 5.74) is 2.52. The van der Waals surface area contributed by atoms with Crippen molar-refractivity contribution in [1.82, 2.24) is 19.8 Å². The van der Waals surface area contributed by atoms with Crippen molar-refractivity contribution in [2.24, 2.45) is 0 Å². The number of aromatic nitrogens is 2. The van der Waals surface area contributed by atoms with Gasteiger partial charge in [-0.3, -0.25) is 4.90 Å². The van der Waals surface area contributed by atoms with Gasteiger partial charge in [0.1, 0.15) is 18.0 Å². The number of nitrogens with zero attached hydrogens (tertiary/aromatic N) is 6. The fraction of sp³-hybridized carbons (Fsp3) is 0.559. The summed E-state index contributed by atoms with van der Waals surface area (Å²) in [7, 11) is 2.14. The Hall–Kier alpha value is -3.34. The smallest absolute Gasteiger partial charge is 0.411 e. The quantitative estimate of drug-likeness (QED) is 0.422. The number of piperazine rings is 1. The number of hydrogen-bond donors (Lipinski definition) is 1. The van der Waals surface area contributed by atoms with Gasteiger partial charge >= 0.3 is 12.1 Å². The van der Waals surface area contributed by atoms with E-state index < -0.39 is 11.7 Å². The van der Waals surface area contributed by atoms with Gasteiger partial charge in [-0.1, -0.05) is 35.9 Å². The second kappa shape index (κ2) is 11.8. The van der Waals surface area contributed by atoms with E-state index in [9.17, 15) is 9.90 Å². The maximum Gasteiger partial charge on any atom is 0.411 e. The number of aliphatic hydroxyl groups excluding tert-OH is 1. The number of fused-ring (bicyclic) bond motifs is 4. The van der Waals surface area contributed by atoms with Crippen molar-refractivity contribution in [1.29, 1.82) is 0 Å². The summed E-state index contributed by atoms with van der Waals surface area (Å²) < 4.78 is 12.1. The van der Waals surface area contributed by atoms with Crippen LogP contribution in [0, 0.1) is 0 Å². The predicted molar refractivity (Wildman–Crippen MR) is 175 cm³/mol. The zero-order valence-corrected chi connectivity index (χ0v) is 27.3. The summed E-state index contributed by atoms with van der Waals surface area (Å²) in [6.07, 6.45) is 2.54. The topological polar surface area (TPSA) is 94.5 Å². The van der Waals surface area contributed by atoms with Gasteiger partial charge in [-0.05, 0) is 77.6 Å². The highest BCUT2D eigenvalue weighted by Crippen LogP contribution is 2.39. The molecular formula is C34H43ClN6O4. The lowest BCUT2D eigenvalue weighted by atomic mass is 10.0. The van der Waals surface area contributed by atoms with Crippen molar-refractivity contribution in [2.75, 3.05) is 49.6 Å². The highest BCUT2D eigenvalue weighted by atomic mass is 35.5. The lowest BCUT2D eigenvalue weighted by Crippen LogP contribution is -2.58. The zero-order valence-electron chi connectivity index (χ0n) is 26.6. The molecule has 45 heavy (non-hydrogen) atoms. The molecule has 4 aliphatic heterocycles. The van der Waals surface area contributed by atoms with Gasteiger partial charge in [0.15, 0.2) is 0 Å². The molecule has 0 saturated carbocycles. The number of benzene rings is 2. The van der Waals surface area contributed by atoms with Crippen LogP contribution in [-0.4, -0.2) is 101 Å². The van der Waals surface area contributed by atoms with Crippen LogP contribution in [0.3, 0.4) is 0 Å². The number of aliphatic hydroxyl groups is 1. The first-order chi connectivity index (χ1) is 21.6. The van der Waals surface area contributed by atoms with Crippen molar-refractivity contribution in [2.45, 2.75) is 82.8 Å². The summed E-state index contributed by atoms with van der Waals surface area (Å²) in [4.78, 5) is 31.9. The largest absolute Gasteiger partial charge is 0.462 e. The first-order valence-corrected chi connectivity index (χ1v) is 16.5. The van der Waals surface area contributed by atoms with Crippen LogP contribution in [0.2, 0.25) is 5.02 Å². The minimum atomic E-state index is -0.620. The normalized spacial score (nSPS) is 25.2. The van der Waals surface area contributed by atoms with E-state index in [1.54, 1.807) is 4.90 Å². The van der Waals surface area contributed by atoms with Gasteiger partial charge < -0.3 is 29.3 Å². The fourth-order valence-electron chi connectivity index (χ4n) is 7.53. The molecule has 1 N–H and O–H groups in total. The number of rotatable bonds is 5. The van der Waals surface area contributed by atoms with E-state index in [1.165, 1.54) is 0 Å². The Morgan fingerprint density at radius 3 is 2.62 bits per heavy atom. The second-order valence-electron chi connectivity index (χ2n) is 13.9. The molecule has 4 aliphatic rings. The minimum Gasteiger partial charge on any atom is -0.462 e. The van der Waals surface area contributed by atoms with Crippen LogP contribution in [0.25, 0.3) is 10.8 Å². The lowest BCUT2D eigenvalue weighted by molar-refractivity contribution is 0.00600. The van der Waals surface area contributed by atoms with Gasteiger partial charge in [0.05, 0.1) is 35.4 Å². The van der Waals surface area contributed by atoms with Crippen LogP contribution in [0.1, 0.15) is 51.3 Å². The number of likely N-dealkylation sites (tertiary alicyclic amines) is 1. The maximum absolute atomic E-state index is 13.2. The van der Waals surface area contributed by atoms with Gasteiger partial charge in [0.2, 0.25) is 0 Å². The van der Waals surface area contributed by atoms with Gasteiger partial charge in [-0.25, -0.2) is 4.79 Å². The molecule has 0 spiro atoms. The first kappa shape index (κ1) is 30.3. The molecule has 4 atom stereocenters. The minimum absolute atomic E-state index is 0.173. The molecule has 7 rings (SSSR count). The Bertz CT molecular complexity index is 1590. The monoisotopic (exact) mass is 634 g/mol. The van der Waals surface area contributed by atoms with Crippen LogP contribution in [-0.2, 0) is 17.7 Å². The van der Waals surface area contributed by atoms with Crippen molar-refractivity contribution in [3.05, 3.63) is 52.7 Å². The molecule has 240 valence electrons. The third-order valence-electron chi connectivity index (χ3n) is 9.72. The standard InChI is InChI=1S/C34H43ClN6O4/c1-34(2,3)45-33(43)41-23-16-29(42)28(41)19-40(17-23)31-24-13-15-39(27-12-6-9-21-8-5-11-25(35)30(21)27)18-26(24)36-32(37-31)44-20-22-10-7-14-38(22)4/h5-6,8-9,11-12,22-23,28-29,42H,7,10,13-20H2,1-4H3/t22-,23+,28?,29+/m0/s1. The molecule has 3 saturated heterocycles. The summed E-state index contributed by atoms with van der Waals surface area (Å²) in [5, 5.41) is 13.9. The first-order valence-electron chi connectivity index (χ1n) is 16.1. The Labute approximate surface area is 269 Å². The van der Waals surface area contributed by atoms with Gasteiger partial charge in [-0.15, -0.1) is 0 Å². The van der Waals surface area contributed by atoms with Crippen molar-refractivity contribution < 1.29 is 19.4 Å². The van der Waals surface area contributed by atoms with Crippen LogP contribution >= 0.6 is 11.6 Å². The van der Waals surface area contributed by atoms with E-state index in [-0.39, 0.29) is 18.2 Å². The van der Waals surface area contributed by atoms with Gasteiger partial charge in [0, 0.05) is 42.3 Å². The number of hydrogen-bond acceptors (Lipinski definition) is 9. The number of carbonyl (C=O) groups is 1. The van der Waals surface area contributed by atoms with E-state index in [0.717, 1.165) is 70.9 Å². The molecule has 10 nitrogen and oxygen atoms in total. The molecule has 3 aromatic rings. The molecule has 2 aromatic carbocycles. The van der Waals surface area contributed by atoms with Crippen LogP contribution in [0.4, 0.5) is 16.3 Å². The molecule has 5 heterocycles. The Kier molecular flexibility index (Phi) is 7.94. The molecule has 0 radical (unpaired) electrons. The zero-order chi connectivity index (χ0) is 31.5. The van der Waals surface area contributed by atoms with Crippen LogP contribution < -0.4 is 14.5 Å². The number of halogens is 1. The molecular weight excluding hydrogens is 592 g/mol. The van der Waals surface area contributed by atoms with Crippen molar-refractivity contribution >= 4 is 40.0 Å². The highest BCUT2D eigenvalue weighted by molar-refractivity contribution is 6.36. The average Bonchev–Trinajstić information content (AvgIpc) is 3.50. The van der Waals surface area contributed by atoms with E-state index in [1.807, 2.05) is 32.9 Å². The Balaban J connectivity index is 1.21. The number of anilines is 2.